The fourth-order valence-corrected chi connectivity index (χ4v) is 3.58. The molecule has 0 spiro atoms. The van der Waals surface area contributed by atoms with Gasteiger partial charge in [-0.25, -0.2) is 0 Å². The summed E-state index contributed by atoms with van der Waals surface area (Å²) in [5, 5.41) is 3.80. The largest absolute Gasteiger partial charge is 0.368 e. The number of nitrogens with zero attached hydrogens (tertiary/aromatic N) is 4. The first-order chi connectivity index (χ1) is 13.5. The molecule has 6 heteroatoms. The molecule has 0 aliphatic carbocycles. The van der Waals surface area contributed by atoms with Crippen LogP contribution < -0.4 is 4.90 Å². The van der Waals surface area contributed by atoms with E-state index in [0.29, 0.717) is 17.3 Å². The van der Waals surface area contributed by atoms with Gasteiger partial charge in [-0.05, 0) is 62.2 Å². The molecule has 0 saturated carbocycles. The molecule has 2 aromatic carbocycles. The summed E-state index contributed by atoms with van der Waals surface area (Å²) in [6.45, 7) is 9.20. The zero-order valence-electron chi connectivity index (χ0n) is 16.5. The average Bonchev–Trinajstić information content (AvgIpc) is 3.16. The Morgan fingerprint density at radius 1 is 0.964 bits per heavy atom. The quantitative estimate of drug-likeness (QED) is 0.699. The molecule has 0 radical (unpaired) electrons. The van der Waals surface area contributed by atoms with Crippen molar-refractivity contribution in [3.05, 3.63) is 65.0 Å². The molecule has 28 heavy (non-hydrogen) atoms. The first kappa shape index (κ1) is 18.2. The van der Waals surface area contributed by atoms with Crippen LogP contribution in [0.1, 0.15) is 27.3 Å². The fraction of sp³-hybridized carbons (Fsp3) is 0.318. The Hall–Kier alpha value is -3.15. The monoisotopic (exact) mass is 376 g/mol. The third-order valence-electron chi connectivity index (χ3n) is 5.39. The van der Waals surface area contributed by atoms with E-state index in [1.165, 1.54) is 16.8 Å². The lowest BCUT2D eigenvalue weighted by atomic mass is 10.1. The zero-order chi connectivity index (χ0) is 19.7. The second-order valence-electron chi connectivity index (χ2n) is 7.22. The average molecular weight is 376 g/mol. The lowest BCUT2D eigenvalue weighted by molar-refractivity contribution is 0.0747. The maximum absolute atomic E-state index is 12.9. The molecule has 0 atom stereocenters. The highest BCUT2D eigenvalue weighted by atomic mass is 16.5. The van der Waals surface area contributed by atoms with Crippen molar-refractivity contribution in [1.29, 1.82) is 0 Å². The van der Waals surface area contributed by atoms with Crippen molar-refractivity contribution >= 4 is 11.6 Å². The SMILES string of the molecule is Cc1noc(-c2ccc(C(=O)N3CCN(c4cccc(C)c4C)CC3)cc2)n1. The summed E-state index contributed by atoms with van der Waals surface area (Å²) < 4.78 is 5.18. The minimum absolute atomic E-state index is 0.0638. The first-order valence-corrected chi connectivity index (χ1v) is 9.54. The van der Waals surface area contributed by atoms with Crippen LogP contribution in [0.3, 0.4) is 0 Å². The van der Waals surface area contributed by atoms with E-state index in [0.717, 1.165) is 31.7 Å². The molecular weight excluding hydrogens is 352 g/mol. The molecule has 1 fully saturated rings. The van der Waals surface area contributed by atoms with Crippen molar-refractivity contribution in [1.82, 2.24) is 15.0 Å². The number of carbonyl (C=O) groups is 1. The van der Waals surface area contributed by atoms with E-state index in [2.05, 4.69) is 47.1 Å². The molecule has 1 saturated heterocycles. The number of hydrogen-bond acceptors (Lipinski definition) is 5. The molecule has 6 nitrogen and oxygen atoms in total. The smallest absolute Gasteiger partial charge is 0.257 e. The van der Waals surface area contributed by atoms with Gasteiger partial charge in [-0.1, -0.05) is 17.3 Å². The van der Waals surface area contributed by atoms with Gasteiger partial charge in [-0.3, -0.25) is 4.79 Å². The van der Waals surface area contributed by atoms with E-state index in [1.807, 2.05) is 29.2 Å². The van der Waals surface area contributed by atoms with E-state index in [4.69, 9.17) is 4.52 Å². The fourth-order valence-electron chi connectivity index (χ4n) is 3.58. The van der Waals surface area contributed by atoms with E-state index < -0.39 is 0 Å². The molecule has 1 aromatic heterocycles. The molecule has 3 aromatic rings. The van der Waals surface area contributed by atoms with E-state index >= 15 is 0 Å². The zero-order valence-corrected chi connectivity index (χ0v) is 16.5. The van der Waals surface area contributed by atoms with Gasteiger partial charge < -0.3 is 14.3 Å². The maximum Gasteiger partial charge on any atom is 0.257 e. The van der Waals surface area contributed by atoms with Crippen molar-refractivity contribution in [2.24, 2.45) is 0 Å². The number of amides is 1. The number of carbonyl (C=O) groups excluding carboxylic acids is 1. The van der Waals surface area contributed by atoms with Crippen LogP contribution in [0.25, 0.3) is 11.5 Å². The molecule has 144 valence electrons. The minimum atomic E-state index is 0.0638. The second-order valence-corrected chi connectivity index (χ2v) is 7.22. The lowest BCUT2D eigenvalue weighted by Gasteiger charge is -2.37. The second kappa shape index (κ2) is 7.46. The number of piperazine rings is 1. The number of aromatic nitrogens is 2. The number of hydrogen-bond donors (Lipinski definition) is 0. The third-order valence-corrected chi connectivity index (χ3v) is 5.39. The van der Waals surface area contributed by atoms with Crippen molar-refractivity contribution < 1.29 is 9.32 Å². The predicted octanol–water partition coefficient (Wildman–Crippen LogP) is 3.62. The van der Waals surface area contributed by atoms with Crippen LogP contribution in [-0.4, -0.2) is 47.1 Å². The molecule has 0 unspecified atom stereocenters. The number of rotatable bonds is 3. The molecular formula is C22H24N4O2. The topological polar surface area (TPSA) is 62.5 Å². The number of aryl methyl sites for hydroxylation is 2. The Labute approximate surface area is 164 Å². The van der Waals surface area contributed by atoms with Gasteiger partial charge in [0.15, 0.2) is 5.82 Å². The maximum atomic E-state index is 12.9. The highest BCUT2D eigenvalue weighted by molar-refractivity contribution is 5.94. The van der Waals surface area contributed by atoms with Crippen molar-refractivity contribution in [3.8, 4) is 11.5 Å². The molecule has 1 amide bonds. The number of benzene rings is 2. The van der Waals surface area contributed by atoms with Gasteiger partial charge in [0, 0.05) is 43.0 Å². The standard InChI is InChI=1S/C22H24N4O2/c1-15-5-4-6-20(16(15)2)25-11-13-26(14-12-25)22(27)19-9-7-18(8-10-19)21-23-17(3)24-28-21/h4-10H,11-14H2,1-3H3. The van der Waals surface area contributed by atoms with Crippen LogP contribution >= 0.6 is 0 Å². The molecule has 1 aliphatic heterocycles. The molecule has 0 N–H and O–H groups in total. The van der Waals surface area contributed by atoms with Gasteiger partial charge in [0.25, 0.3) is 11.8 Å². The van der Waals surface area contributed by atoms with Crippen LogP contribution in [0.5, 0.6) is 0 Å². The van der Waals surface area contributed by atoms with Crippen molar-refractivity contribution in [2.45, 2.75) is 20.8 Å². The Morgan fingerprint density at radius 3 is 2.32 bits per heavy atom. The summed E-state index contributed by atoms with van der Waals surface area (Å²) in [5.41, 5.74) is 5.38. The highest BCUT2D eigenvalue weighted by Crippen LogP contribution is 2.24. The summed E-state index contributed by atoms with van der Waals surface area (Å²) >= 11 is 0. The van der Waals surface area contributed by atoms with Crippen LogP contribution in [0.15, 0.2) is 47.0 Å². The van der Waals surface area contributed by atoms with Crippen LogP contribution in [0, 0.1) is 20.8 Å². The Kier molecular flexibility index (Phi) is 4.86. The van der Waals surface area contributed by atoms with Crippen molar-refractivity contribution in [2.75, 3.05) is 31.1 Å². The summed E-state index contributed by atoms with van der Waals surface area (Å²) in [4.78, 5) is 21.4. The summed E-state index contributed by atoms with van der Waals surface area (Å²) in [5.74, 6) is 1.13. The normalized spacial score (nSPS) is 14.4. The predicted molar refractivity (Wildman–Crippen MR) is 109 cm³/mol. The lowest BCUT2D eigenvalue weighted by Crippen LogP contribution is -2.49. The van der Waals surface area contributed by atoms with Gasteiger partial charge in [0.05, 0.1) is 0 Å². The van der Waals surface area contributed by atoms with E-state index in [-0.39, 0.29) is 5.91 Å². The summed E-state index contributed by atoms with van der Waals surface area (Å²) in [6.07, 6.45) is 0. The van der Waals surface area contributed by atoms with Crippen LogP contribution in [0.4, 0.5) is 5.69 Å². The molecule has 2 heterocycles. The van der Waals surface area contributed by atoms with Gasteiger partial charge in [-0.15, -0.1) is 0 Å². The van der Waals surface area contributed by atoms with Gasteiger partial charge in [0.2, 0.25) is 0 Å². The van der Waals surface area contributed by atoms with Gasteiger partial charge in [0.1, 0.15) is 0 Å². The van der Waals surface area contributed by atoms with Crippen LogP contribution in [-0.2, 0) is 0 Å². The highest BCUT2D eigenvalue weighted by Gasteiger charge is 2.23. The molecule has 1 aliphatic rings. The Bertz CT molecular complexity index is 986. The van der Waals surface area contributed by atoms with Crippen LogP contribution in [0.2, 0.25) is 0 Å². The minimum Gasteiger partial charge on any atom is -0.368 e. The Morgan fingerprint density at radius 2 is 1.68 bits per heavy atom. The molecule has 0 bridgehead atoms. The van der Waals surface area contributed by atoms with E-state index in [1.54, 1.807) is 6.92 Å². The molecule has 4 rings (SSSR count). The third kappa shape index (κ3) is 3.50. The first-order valence-electron chi connectivity index (χ1n) is 9.54. The van der Waals surface area contributed by atoms with Gasteiger partial charge >= 0.3 is 0 Å². The summed E-state index contributed by atoms with van der Waals surface area (Å²) in [6, 6.07) is 13.8. The Balaban J connectivity index is 1.42. The van der Waals surface area contributed by atoms with Gasteiger partial charge in [-0.2, -0.15) is 4.98 Å². The summed E-state index contributed by atoms with van der Waals surface area (Å²) in [7, 11) is 0. The van der Waals surface area contributed by atoms with Crippen molar-refractivity contribution in [3.63, 3.8) is 0 Å². The number of anilines is 1. The van der Waals surface area contributed by atoms with E-state index in [9.17, 15) is 4.79 Å².